The van der Waals surface area contributed by atoms with Crippen LogP contribution in [-0.2, 0) is 0 Å². The Labute approximate surface area is 67.4 Å². The average molecular weight is 150 g/mol. The van der Waals surface area contributed by atoms with Gasteiger partial charge in [0.15, 0.2) is 0 Å². The molecule has 1 saturated carbocycles. The second-order valence-corrected chi connectivity index (χ2v) is 3.26. The predicted octanol–water partition coefficient (Wildman–Crippen LogP) is 1.84. The number of nitrogens with zero attached hydrogens (tertiary/aromatic N) is 1. The van der Waals surface area contributed by atoms with Crippen LogP contribution in [0.15, 0.2) is 16.3 Å². The van der Waals surface area contributed by atoms with Crippen molar-refractivity contribution in [1.29, 1.82) is 0 Å². The summed E-state index contributed by atoms with van der Waals surface area (Å²) in [5, 5.41) is 3.21. The van der Waals surface area contributed by atoms with Crippen molar-refractivity contribution in [1.82, 2.24) is 5.32 Å². The highest BCUT2D eigenvalue weighted by molar-refractivity contribution is 5.61. The molecule has 1 aliphatic heterocycles. The molecule has 2 heteroatoms. The lowest BCUT2D eigenvalue weighted by atomic mass is 9.93. The molecule has 0 atom stereocenters. The van der Waals surface area contributed by atoms with Crippen molar-refractivity contribution in [3.05, 3.63) is 11.3 Å². The summed E-state index contributed by atoms with van der Waals surface area (Å²) in [5.41, 5.74) is 3.00. The van der Waals surface area contributed by atoms with Crippen LogP contribution in [-0.4, -0.2) is 12.9 Å². The highest BCUT2D eigenvalue weighted by Crippen LogP contribution is 2.25. The number of aliphatic imine (C=N–C) groups is 1. The first-order valence-electron chi connectivity index (χ1n) is 4.42. The Kier molecular flexibility index (Phi) is 1.93. The molecule has 0 aromatic carbocycles. The molecule has 60 valence electrons. The molecule has 0 bridgehead atoms. The Morgan fingerprint density at radius 3 is 2.64 bits per heavy atom. The van der Waals surface area contributed by atoms with E-state index in [1.807, 2.05) is 6.34 Å². The van der Waals surface area contributed by atoms with E-state index in [9.17, 15) is 0 Å². The van der Waals surface area contributed by atoms with Crippen LogP contribution < -0.4 is 5.32 Å². The quantitative estimate of drug-likeness (QED) is 0.559. The van der Waals surface area contributed by atoms with Crippen LogP contribution in [0.4, 0.5) is 0 Å². The first-order chi connectivity index (χ1) is 5.47. The standard InChI is InChI=1S/C9H14N2/c1-2-4-8(5-3-1)9-6-10-7-11-9/h7H,1-6H2,(H,10,11). The van der Waals surface area contributed by atoms with Crippen LogP contribution in [0.1, 0.15) is 32.1 Å². The lowest BCUT2D eigenvalue weighted by molar-refractivity contribution is 0.590. The average Bonchev–Trinajstić information content (AvgIpc) is 2.58. The molecule has 1 heterocycles. The molecule has 0 radical (unpaired) electrons. The number of allylic oxidation sites excluding steroid dienone is 1. The van der Waals surface area contributed by atoms with E-state index >= 15 is 0 Å². The number of hydrogen-bond acceptors (Lipinski definition) is 2. The fourth-order valence-electron chi connectivity index (χ4n) is 1.80. The molecular formula is C9H14N2. The van der Waals surface area contributed by atoms with Crippen molar-refractivity contribution in [2.75, 3.05) is 6.54 Å². The molecule has 2 nitrogen and oxygen atoms in total. The third-order valence-electron chi connectivity index (χ3n) is 2.46. The smallest absolute Gasteiger partial charge is 0.0870 e. The molecule has 2 aliphatic rings. The Morgan fingerprint density at radius 1 is 1.18 bits per heavy atom. The molecule has 1 N–H and O–H groups in total. The first kappa shape index (κ1) is 6.89. The van der Waals surface area contributed by atoms with E-state index in [0.717, 1.165) is 6.54 Å². The Hall–Kier alpha value is -0.790. The molecule has 0 spiro atoms. The van der Waals surface area contributed by atoms with Gasteiger partial charge in [-0.25, -0.2) is 0 Å². The van der Waals surface area contributed by atoms with Crippen LogP contribution in [0.5, 0.6) is 0 Å². The van der Waals surface area contributed by atoms with Gasteiger partial charge in [-0.3, -0.25) is 4.99 Å². The lowest BCUT2D eigenvalue weighted by Crippen LogP contribution is -2.10. The predicted molar refractivity (Wildman–Crippen MR) is 46.6 cm³/mol. The summed E-state index contributed by atoms with van der Waals surface area (Å²) in [6.07, 6.45) is 8.58. The normalized spacial score (nSPS) is 24.0. The number of hydrogen-bond donors (Lipinski definition) is 1. The van der Waals surface area contributed by atoms with E-state index in [2.05, 4.69) is 10.3 Å². The molecule has 11 heavy (non-hydrogen) atoms. The molecule has 0 aromatic rings. The van der Waals surface area contributed by atoms with Gasteiger partial charge in [-0.05, 0) is 31.3 Å². The second kappa shape index (κ2) is 3.07. The van der Waals surface area contributed by atoms with Gasteiger partial charge in [-0.15, -0.1) is 0 Å². The van der Waals surface area contributed by atoms with Gasteiger partial charge in [0, 0.05) is 5.70 Å². The van der Waals surface area contributed by atoms with Crippen molar-refractivity contribution in [3.63, 3.8) is 0 Å². The van der Waals surface area contributed by atoms with Gasteiger partial charge in [-0.2, -0.15) is 0 Å². The molecule has 1 fully saturated rings. The van der Waals surface area contributed by atoms with E-state index in [1.54, 1.807) is 5.57 Å². The summed E-state index contributed by atoms with van der Waals surface area (Å²) in [7, 11) is 0. The molecule has 0 aromatic heterocycles. The summed E-state index contributed by atoms with van der Waals surface area (Å²) in [6, 6.07) is 0. The summed E-state index contributed by atoms with van der Waals surface area (Å²) >= 11 is 0. The van der Waals surface area contributed by atoms with Gasteiger partial charge in [0.1, 0.15) is 0 Å². The van der Waals surface area contributed by atoms with Gasteiger partial charge < -0.3 is 5.32 Å². The molecule has 1 aliphatic carbocycles. The van der Waals surface area contributed by atoms with Gasteiger partial charge in [-0.1, -0.05) is 6.42 Å². The zero-order valence-electron chi connectivity index (χ0n) is 6.77. The summed E-state index contributed by atoms with van der Waals surface area (Å²) in [6.45, 7) is 0.898. The van der Waals surface area contributed by atoms with Crippen LogP contribution in [0.2, 0.25) is 0 Å². The second-order valence-electron chi connectivity index (χ2n) is 3.26. The highest BCUT2D eigenvalue weighted by Gasteiger charge is 2.11. The van der Waals surface area contributed by atoms with Crippen LogP contribution >= 0.6 is 0 Å². The SMILES string of the molecule is C1=NCC(=C2CCCCC2)N1. The molecule has 0 unspecified atom stereocenters. The number of nitrogens with one attached hydrogen (secondary N) is 1. The minimum Gasteiger partial charge on any atom is -0.349 e. The van der Waals surface area contributed by atoms with Gasteiger partial charge in [0.2, 0.25) is 0 Å². The monoisotopic (exact) mass is 150 g/mol. The summed E-state index contributed by atoms with van der Waals surface area (Å²) < 4.78 is 0. The third-order valence-corrected chi connectivity index (χ3v) is 2.46. The van der Waals surface area contributed by atoms with E-state index in [-0.39, 0.29) is 0 Å². The van der Waals surface area contributed by atoms with Crippen LogP contribution in [0.25, 0.3) is 0 Å². The molecule has 2 rings (SSSR count). The van der Waals surface area contributed by atoms with E-state index in [1.165, 1.54) is 37.8 Å². The maximum atomic E-state index is 4.15. The zero-order valence-corrected chi connectivity index (χ0v) is 6.77. The van der Waals surface area contributed by atoms with E-state index < -0.39 is 0 Å². The van der Waals surface area contributed by atoms with Gasteiger partial charge in [0.05, 0.1) is 12.9 Å². The zero-order chi connectivity index (χ0) is 7.52. The van der Waals surface area contributed by atoms with Crippen molar-refractivity contribution in [3.8, 4) is 0 Å². The minimum absolute atomic E-state index is 0.898. The van der Waals surface area contributed by atoms with Crippen LogP contribution in [0.3, 0.4) is 0 Å². The molecular weight excluding hydrogens is 136 g/mol. The topological polar surface area (TPSA) is 24.4 Å². The Balaban J connectivity index is 2.05. The number of rotatable bonds is 0. The van der Waals surface area contributed by atoms with Crippen molar-refractivity contribution in [2.45, 2.75) is 32.1 Å². The molecule has 0 amide bonds. The minimum atomic E-state index is 0.898. The van der Waals surface area contributed by atoms with Crippen molar-refractivity contribution in [2.24, 2.45) is 4.99 Å². The largest absolute Gasteiger partial charge is 0.349 e. The van der Waals surface area contributed by atoms with Gasteiger partial charge in [0.25, 0.3) is 0 Å². The Bertz CT molecular complexity index is 186. The summed E-state index contributed by atoms with van der Waals surface area (Å²) in [4.78, 5) is 4.15. The summed E-state index contributed by atoms with van der Waals surface area (Å²) in [5.74, 6) is 0. The van der Waals surface area contributed by atoms with Crippen molar-refractivity contribution >= 4 is 6.34 Å². The lowest BCUT2D eigenvalue weighted by Gasteiger charge is -2.15. The fraction of sp³-hybridized carbons (Fsp3) is 0.667. The third kappa shape index (κ3) is 1.44. The molecule has 0 saturated heterocycles. The maximum absolute atomic E-state index is 4.15. The first-order valence-corrected chi connectivity index (χ1v) is 4.42. The maximum Gasteiger partial charge on any atom is 0.0870 e. The Morgan fingerprint density at radius 2 is 2.00 bits per heavy atom. The van der Waals surface area contributed by atoms with Crippen molar-refractivity contribution < 1.29 is 0 Å². The fourth-order valence-corrected chi connectivity index (χ4v) is 1.80. The van der Waals surface area contributed by atoms with Gasteiger partial charge >= 0.3 is 0 Å². The van der Waals surface area contributed by atoms with Crippen LogP contribution in [0, 0.1) is 0 Å². The van der Waals surface area contributed by atoms with E-state index in [4.69, 9.17) is 0 Å². The highest BCUT2D eigenvalue weighted by atomic mass is 15.0. The van der Waals surface area contributed by atoms with E-state index in [0.29, 0.717) is 0 Å².